The summed E-state index contributed by atoms with van der Waals surface area (Å²) in [6.45, 7) is -0.513. The predicted octanol–water partition coefficient (Wildman–Crippen LogP) is 5.31. The van der Waals surface area contributed by atoms with Crippen molar-refractivity contribution >= 4 is 33.2 Å². The highest BCUT2D eigenvalue weighted by molar-refractivity contribution is 7.92. The second-order valence-electron chi connectivity index (χ2n) is 7.79. The number of anilines is 1. The molecule has 1 amide bonds. The lowest BCUT2D eigenvalue weighted by Gasteiger charge is -2.26. The Balaban J connectivity index is 1.79. The van der Waals surface area contributed by atoms with E-state index >= 15 is 0 Å². The van der Waals surface area contributed by atoms with Crippen molar-refractivity contribution in [2.75, 3.05) is 24.5 Å². The maximum atomic E-state index is 13.3. The van der Waals surface area contributed by atoms with Crippen molar-refractivity contribution in [3.8, 4) is 5.75 Å². The summed E-state index contributed by atoms with van der Waals surface area (Å²) < 4.78 is 72.4. The van der Waals surface area contributed by atoms with E-state index in [1.54, 1.807) is 13.2 Å². The van der Waals surface area contributed by atoms with Gasteiger partial charge in [-0.25, -0.2) is 8.42 Å². The van der Waals surface area contributed by atoms with Gasteiger partial charge in [-0.15, -0.1) is 0 Å². The molecule has 11 heteroatoms. The monoisotopic (exact) mass is 540 g/mol. The zero-order chi connectivity index (χ0) is 26.3. The number of alkyl halides is 3. The van der Waals surface area contributed by atoms with E-state index in [0.29, 0.717) is 23.2 Å². The van der Waals surface area contributed by atoms with Crippen molar-refractivity contribution < 1.29 is 31.1 Å². The van der Waals surface area contributed by atoms with Crippen LogP contribution in [0.15, 0.2) is 77.7 Å². The first-order valence-corrected chi connectivity index (χ1v) is 12.7. The Morgan fingerprint density at radius 3 is 2.31 bits per heavy atom. The molecule has 0 atom stereocenters. The maximum Gasteiger partial charge on any atom is 0.416 e. The van der Waals surface area contributed by atoms with Gasteiger partial charge in [0.25, 0.3) is 10.0 Å². The van der Waals surface area contributed by atoms with Crippen LogP contribution in [0.1, 0.15) is 17.5 Å². The van der Waals surface area contributed by atoms with Gasteiger partial charge in [-0.3, -0.25) is 9.10 Å². The minimum Gasteiger partial charge on any atom is -0.497 e. The largest absolute Gasteiger partial charge is 0.497 e. The van der Waals surface area contributed by atoms with Crippen LogP contribution in [-0.2, 0) is 27.4 Å². The molecular formula is C25H24ClF3N2O4S. The fourth-order valence-electron chi connectivity index (χ4n) is 3.40. The molecule has 0 aliphatic heterocycles. The summed E-state index contributed by atoms with van der Waals surface area (Å²) in [5.74, 6) is 0.0396. The number of carbonyl (C=O) groups is 1. The number of nitrogens with zero attached hydrogens (tertiary/aromatic N) is 1. The fraction of sp³-hybridized carbons (Fsp3) is 0.240. The molecule has 192 valence electrons. The van der Waals surface area contributed by atoms with Crippen LogP contribution in [0.2, 0.25) is 5.02 Å². The van der Waals surface area contributed by atoms with E-state index in [1.165, 1.54) is 24.3 Å². The highest BCUT2D eigenvalue weighted by Crippen LogP contribution is 2.37. The van der Waals surface area contributed by atoms with E-state index in [0.717, 1.165) is 23.4 Å². The number of halogens is 4. The van der Waals surface area contributed by atoms with Gasteiger partial charge in [0.1, 0.15) is 12.3 Å². The number of carbonyl (C=O) groups excluding carboxylic acids is 1. The molecule has 36 heavy (non-hydrogen) atoms. The van der Waals surface area contributed by atoms with Crippen molar-refractivity contribution in [2.45, 2.75) is 23.9 Å². The molecule has 0 fully saturated rings. The average molecular weight is 541 g/mol. The van der Waals surface area contributed by atoms with Crippen LogP contribution in [0.5, 0.6) is 5.75 Å². The number of amides is 1. The maximum absolute atomic E-state index is 13.3. The number of hydrogen-bond donors (Lipinski definition) is 1. The lowest BCUT2D eigenvalue weighted by atomic mass is 10.1. The zero-order valence-electron chi connectivity index (χ0n) is 19.3. The summed E-state index contributed by atoms with van der Waals surface area (Å²) in [4.78, 5) is 12.5. The SMILES string of the molecule is COc1ccc(CCCNC(=O)CN(c2cc(C(F)(F)F)ccc2Cl)S(=O)(=O)c2ccccc2)cc1. The van der Waals surface area contributed by atoms with Gasteiger partial charge in [-0.1, -0.05) is 41.9 Å². The Kier molecular flexibility index (Phi) is 8.86. The Labute approximate surface area is 212 Å². The van der Waals surface area contributed by atoms with Crippen LogP contribution in [0.3, 0.4) is 0 Å². The summed E-state index contributed by atoms with van der Waals surface area (Å²) in [6, 6.07) is 16.9. The van der Waals surface area contributed by atoms with Gasteiger partial charge in [-0.05, 0) is 60.9 Å². The molecule has 0 saturated heterocycles. The van der Waals surface area contributed by atoms with Crippen LogP contribution in [0.25, 0.3) is 0 Å². The molecule has 3 aromatic carbocycles. The first-order valence-electron chi connectivity index (χ1n) is 10.9. The summed E-state index contributed by atoms with van der Waals surface area (Å²) in [5, 5.41) is 2.39. The standard InChI is InChI=1S/C25H24ClF3N2O4S/c1-35-20-12-9-18(10-13-20)6-5-15-30-24(32)17-31(36(33,34)21-7-3-2-4-8-21)23-16-19(25(27,28)29)11-14-22(23)26/h2-4,7-14,16H,5-6,15,17H2,1H3,(H,30,32). The van der Waals surface area contributed by atoms with E-state index in [4.69, 9.17) is 16.3 Å². The molecule has 6 nitrogen and oxygen atoms in total. The Bertz CT molecular complexity index is 1280. The summed E-state index contributed by atoms with van der Waals surface area (Å²) in [6.07, 6.45) is -3.52. The molecule has 0 heterocycles. The Morgan fingerprint density at radius 2 is 1.69 bits per heavy atom. The van der Waals surface area contributed by atoms with Gasteiger partial charge >= 0.3 is 6.18 Å². The normalized spacial score (nSPS) is 11.7. The van der Waals surface area contributed by atoms with Crippen LogP contribution < -0.4 is 14.4 Å². The van der Waals surface area contributed by atoms with Crippen LogP contribution >= 0.6 is 11.6 Å². The quantitative estimate of drug-likeness (QED) is 0.354. The smallest absolute Gasteiger partial charge is 0.416 e. The van der Waals surface area contributed by atoms with E-state index in [1.807, 2.05) is 24.3 Å². The fourth-order valence-corrected chi connectivity index (χ4v) is 5.12. The minimum atomic E-state index is -4.73. The van der Waals surface area contributed by atoms with Crippen molar-refractivity contribution in [2.24, 2.45) is 0 Å². The van der Waals surface area contributed by atoms with Gasteiger partial charge in [-0.2, -0.15) is 13.2 Å². The number of ether oxygens (including phenoxy) is 1. The number of methoxy groups -OCH3 is 1. The molecule has 3 aromatic rings. The number of benzene rings is 3. The summed E-state index contributed by atoms with van der Waals surface area (Å²) >= 11 is 6.12. The zero-order valence-corrected chi connectivity index (χ0v) is 20.8. The van der Waals surface area contributed by atoms with Crippen LogP contribution in [0, 0.1) is 0 Å². The third kappa shape index (κ3) is 6.92. The predicted molar refractivity (Wildman–Crippen MR) is 132 cm³/mol. The second-order valence-corrected chi connectivity index (χ2v) is 10.1. The highest BCUT2D eigenvalue weighted by Gasteiger charge is 2.34. The lowest BCUT2D eigenvalue weighted by Crippen LogP contribution is -2.41. The first kappa shape index (κ1) is 27.3. The third-order valence-electron chi connectivity index (χ3n) is 5.28. The lowest BCUT2D eigenvalue weighted by molar-refractivity contribution is -0.137. The molecule has 0 aliphatic rings. The minimum absolute atomic E-state index is 0.189. The summed E-state index contributed by atoms with van der Waals surface area (Å²) in [5.41, 5.74) is -0.507. The molecule has 1 N–H and O–H groups in total. The third-order valence-corrected chi connectivity index (χ3v) is 7.38. The molecule has 0 bridgehead atoms. The molecule has 0 spiro atoms. The Hall–Kier alpha value is -3.24. The topological polar surface area (TPSA) is 75.7 Å². The molecule has 0 aliphatic carbocycles. The van der Waals surface area contributed by atoms with Gasteiger partial charge in [0.05, 0.1) is 28.3 Å². The molecule has 0 aromatic heterocycles. The van der Waals surface area contributed by atoms with Crippen molar-refractivity contribution in [1.29, 1.82) is 0 Å². The number of nitrogens with one attached hydrogen (secondary N) is 1. The van der Waals surface area contributed by atoms with E-state index in [2.05, 4.69) is 5.32 Å². The van der Waals surface area contributed by atoms with E-state index in [-0.39, 0.29) is 16.5 Å². The van der Waals surface area contributed by atoms with E-state index < -0.39 is 39.9 Å². The van der Waals surface area contributed by atoms with E-state index in [9.17, 15) is 26.4 Å². The molecular weight excluding hydrogens is 517 g/mol. The van der Waals surface area contributed by atoms with Crippen molar-refractivity contribution in [3.05, 3.63) is 88.9 Å². The molecule has 0 radical (unpaired) electrons. The van der Waals surface area contributed by atoms with Crippen molar-refractivity contribution in [1.82, 2.24) is 5.32 Å². The Morgan fingerprint density at radius 1 is 1.03 bits per heavy atom. The number of hydrogen-bond acceptors (Lipinski definition) is 4. The number of aryl methyl sites for hydroxylation is 1. The molecule has 0 unspecified atom stereocenters. The number of rotatable bonds is 10. The van der Waals surface area contributed by atoms with Crippen molar-refractivity contribution in [3.63, 3.8) is 0 Å². The number of sulfonamides is 1. The second kappa shape index (κ2) is 11.7. The molecule has 3 rings (SSSR count). The van der Waals surface area contributed by atoms with Gasteiger partial charge in [0, 0.05) is 6.54 Å². The average Bonchev–Trinajstić information content (AvgIpc) is 2.86. The summed E-state index contributed by atoms with van der Waals surface area (Å²) in [7, 11) is -2.84. The van der Waals surface area contributed by atoms with Gasteiger partial charge in [0.15, 0.2) is 0 Å². The first-order chi connectivity index (χ1) is 17.0. The van der Waals surface area contributed by atoms with Gasteiger partial charge < -0.3 is 10.1 Å². The highest BCUT2D eigenvalue weighted by atomic mass is 35.5. The van der Waals surface area contributed by atoms with Crippen LogP contribution in [0.4, 0.5) is 18.9 Å². The molecule has 0 saturated carbocycles. The van der Waals surface area contributed by atoms with Crippen LogP contribution in [-0.4, -0.2) is 34.5 Å². The van der Waals surface area contributed by atoms with Gasteiger partial charge in [0.2, 0.25) is 5.91 Å².